The van der Waals surface area contributed by atoms with Crippen molar-refractivity contribution in [2.24, 2.45) is 0 Å². The van der Waals surface area contributed by atoms with Crippen molar-refractivity contribution >= 4 is 6.08 Å². The third-order valence-corrected chi connectivity index (χ3v) is 3.18. The highest BCUT2D eigenvalue weighted by Gasteiger charge is 2.17. The lowest BCUT2D eigenvalue weighted by Gasteiger charge is -2.02. The van der Waals surface area contributed by atoms with E-state index in [-0.39, 0.29) is 0 Å². The average molecular weight is 206 g/mol. The Morgan fingerprint density at radius 2 is 1.75 bits per heavy atom. The molecule has 0 aliphatic heterocycles. The van der Waals surface area contributed by atoms with Crippen molar-refractivity contribution in [2.75, 3.05) is 0 Å². The summed E-state index contributed by atoms with van der Waals surface area (Å²) in [6.45, 7) is 2.06. The van der Waals surface area contributed by atoms with Crippen LogP contribution >= 0.6 is 0 Å². The monoisotopic (exact) mass is 206 g/mol. The summed E-state index contributed by atoms with van der Waals surface area (Å²) < 4.78 is 0. The maximum atomic E-state index is 2.29. The Morgan fingerprint density at radius 3 is 2.62 bits per heavy atom. The fraction of sp³-hybridized carbons (Fsp3) is 0.125. The van der Waals surface area contributed by atoms with E-state index in [2.05, 4.69) is 61.5 Å². The molecule has 0 heterocycles. The average Bonchev–Trinajstić information content (AvgIpc) is 2.68. The molecule has 0 heteroatoms. The van der Waals surface area contributed by atoms with E-state index in [0.717, 1.165) is 6.42 Å². The zero-order valence-corrected chi connectivity index (χ0v) is 9.40. The molecule has 78 valence electrons. The molecular weight excluding hydrogens is 192 g/mol. The molecule has 16 heavy (non-hydrogen) atoms. The van der Waals surface area contributed by atoms with Crippen molar-refractivity contribution in [2.45, 2.75) is 13.3 Å². The molecule has 0 nitrogen and oxygen atoms in total. The molecule has 0 unspecified atom stereocenters. The van der Waals surface area contributed by atoms with E-state index in [1.54, 1.807) is 0 Å². The van der Waals surface area contributed by atoms with Crippen LogP contribution in [-0.2, 0) is 6.42 Å². The Kier molecular flexibility index (Phi) is 2.14. The van der Waals surface area contributed by atoms with Gasteiger partial charge in [0.05, 0.1) is 0 Å². The van der Waals surface area contributed by atoms with Gasteiger partial charge in [0.25, 0.3) is 0 Å². The highest BCUT2D eigenvalue weighted by molar-refractivity contribution is 5.78. The van der Waals surface area contributed by atoms with Crippen LogP contribution in [0, 0.1) is 0 Å². The SMILES string of the molecule is C/C=C\c1ccc2c(c1)-c1ccccc1C2. The smallest absolute Gasteiger partial charge is 0.00134 e. The zero-order chi connectivity index (χ0) is 11.0. The molecule has 0 saturated carbocycles. The van der Waals surface area contributed by atoms with Crippen LogP contribution in [-0.4, -0.2) is 0 Å². The van der Waals surface area contributed by atoms with Gasteiger partial charge in [0.1, 0.15) is 0 Å². The van der Waals surface area contributed by atoms with Gasteiger partial charge in [0.2, 0.25) is 0 Å². The summed E-state index contributed by atoms with van der Waals surface area (Å²) in [5.74, 6) is 0. The number of benzene rings is 2. The van der Waals surface area contributed by atoms with Gasteiger partial charge in [-0.1, -0.05) is 48.6 Å². The topological polar surface area (TPSA) is 0 Å². The normalized spacial score (nSPS) is 12.8. The van der Waals surface area contributed by atoms with Crippen LogP contribution in [0.15, 0.2) is 48.5 Å². The largest absolute Gasteiger partial charge is 0.0871 e. The lowest BCUT2D eigenvalue weighted by atomic mass is 10.0. The molecule has 2 aromatic carbocycles. The first-order chi connectivity index (χ1) is 7.88. The Balaban J connectivity index is 2.18. The van der Waals surface area contributed by atoms with E-state index in [1.807, 2.05) is 0 Å². The van der Waals surface area contributed by atoms with Crippen LogP contribution < -0.4 is 0 Å². The molecule has 0 atom stereocenters. The fourth-order valence-electron chi connectivity index (χ4n) is 2.44. The van der Waals surface area contributed by atoms with Crippen molar-refractivity contribution in [1.29, 1.82) is 0 Å². The van der Waals surface area contributed by atoms with Crippen LogP contribution in [0.5, 0.6) is 0 Å². The molecule has 0 N–H and O–H groups in total. The van der Waals surface area contributed by atoms with Gasteiger partial charge in [-0.15, -0.1) is 0 Å². The molecule has 0 saturated heterocycles. The summed E-state index contributed by atoms with van der Waals surface area (Å²) in [7, 11) is 0. The van der Waals surface area contributed by atoms with Crippen LogP contribution in [0.25, 0.3) is 17.2 Å². The second-order valence-electron chi connectivity index (χ2n) is 4.25. The minimum Gasteiger partial charge on any atom is -0.0871 e. The van der Waals surface area contributed by atoms with Gasteiger partial charge in [-0.2, -0.15) is 0 Å². The molecule has 0 aromatic heterocycles. The standard InChI is InChI=1S/C16H14/c1-2-5-12-8-9-14-11-13-6-3-4-7-15(13)16(14)10-12/h2-10H,11H2,1H3/b5-2-. The summed E-state index contributed by atoms with van der Waals surface area (Å²) in [6.07, 6.45) is 5.32. The highest BCUT2D eigenvalue weighted by Crippen LogP contribution is 2.36. The summed E-state index contributed by atoms with van der Waals surface area (Å²) in [5.41, 5.74) is 7.01. The molecule has 1 aliphatic rings. The maximum absolute atomic E-state index is 2.29. The summed E-state index contributed by atoms with van der Waals surface area (Å²) in [5, 5.41) is 0. The van der Waals surface area contributed by atoms with E-state index in [1.165, 1.54) is 27.8 Å². The third-order valence-electron chi connectivity index (χ3n) is 3.18. The molecule has 2 aromatic rings. The van der Waals surface area contributed by atoms with Crippen molar-refractivity contribution in [1.82, 2.24) is 0 Å². The fourth-order valence-corrected chi connectivity index (χ4v) is 2.44. The molecular formula is C16H14. The van der Waals surface area contributed by atoms with Crippen molar-refractivity contribution < 1.29 is 0 Å². The third kappa shape index (κ3) is 1.38. The first-order valence-electron chi connectivity index (χ1n) is 5.72. The van der Waals surface area contributed by atoms with Gasteiger partial charge < -0.3 is 0 Å². The lowest BCUT2D eigenvalue weighted by Crippen LogP contribution is -1.80. The Labute approximate surface area is 96.3 Å². The summed E-state index contributed by atoms with van der Waals surface area (Å²) >= 11 is 0. The van der Waals surface area contributed by atoms with Gasteiger partial charge >= 0.3 is 0 Å². The summed E-state index contributed by atoms with van der Waals surface area (Å²) in [4.78, 5) is 0. The van der Waals surface area contributed by atoms with Gasteiger partial charge in [0.15, 0.2) is 0 Å². The Hall–Kier alpha value is -1.82. The Morgan fingerprint density at radius 1 is 0.938 bits per heavy atom. The second kappa shape index (κ2) is 3.64. The molecule has 1 aliphatic carbocycles. The Bertz CT molecular complexity index is 562. The number of rotatable bonds is 1. The first-order valence-corrected chi connectivity index (χ1v) is 5.72. The van der Waals surface area contributed by atoms with Crippen molar-refractivity contribution in [3.05, 3.63) is 65.2 Å². The van der Waals surface area contributed by atoms with E-state index >= 15 is 0 Å². The molecule has 0 bridgehead atoms. The molecule has 3 rings (SSSR count). The second-order valence-corrected chi connectivity index (χ2v) is 4.25. The summed E-state index contributed by atoms with van der Waals surface area (Å²) in [6, 6.07) is 15.4. The van der Waals surface area contributed by atoms with Crippen LogP contribution in [0.4, 0.5) is 0 Å². The minimum absolute atomic E-state index is 1.08. The minimum atomic E-state index is 1.08. The number of hydrogen-bond acceptors (Lipinski definition) is 0. The highest BCUT2D eigenvalue weighted by atomic mass is 14.2. The zero-order valence-electron chi connectivity index (χ0n) is 9.40. The first kappa shape index (κ1) is 9.41. The van der Waals surface area contributed by atoms with E-state index in [9.17, 15) is 0 Å². The maximum Gasteiger partial charge on any atom is -0.00134 e. The molecule has 0 radical (unpaired) electrons. The van der Waals surface area contributed by atoms with Gasteiger partial charge in [0, 0.05) is 0 Å². The number of allylic oxidation sites excluding steroid dienone is 1. The van der Waals surface area contributed by atoms with Gasteiger partial charge in [-0.25, -0.2) is 0 Å². The van der Waals surface area contributed by atoms with Gasteiger partial charge in [-0.3, -0.25) is 0 Å². The lowest BCUT2D eigenvalue weighted by molar-refractivity contribution is 1.26. The molecule has 0 fully saturated rings. The number of fused-ring (bicyclic) bond motifs is 3. The van der Waals surface area contributed by atoms with Crippen LogP contribution in [0.2, 0.25) is 0 Å². The van der Waals surface area contributed by atoms with E-state index in [4.69, 9.17) is 0 Å². The van der Waals surface area contributed by atoms with Crippen LogP contribution in [0.3, 0.4) is 0 Å². The quantitative estimate of drug-likeness (QED) is 0.557. The predicted octanol–water partition coefficient (Wildman–Crippen LogP) is 4.29. The van der Waals surface area contributed by atoms with E-state index < -0.39 is 0 Å². The van der Waals surface area contributed by atoms with Crippen molar-refractivity contribution in [3.63, 3.8) is 0 Å². The molecule has 0 spiro atoms. The van der Waals surface area contributed by atoms with E-state index in [0.29, 0.717) is 0 Å². The van der Waals surface area contributed by atoms with Gasteiger partial charge in [-0.05, 0) is 47.2 Å². The van der Waals surface area contributed by atoms with Crippen LogP contribution in [0.1, 0.15) is 23.6 Å². The molecule has 0 amide bonds. The van der Waals surface area contributed by atoms with Crippen molar-refractivity contribution in [3.8, 4) is 11.1 Å². The number of hydrogen-bond donors (Lipinski definition) is 0. The predicted molar refractivity (Wildman–Crippen MR) is 69.4 cm³/mol.